The molecule has 0 amide bonds. The first-order valence-electron chi connectivity index (χ1n) is 4.69. The summed E-state index contributed by atoms with van der Waals surface area (Å²) in [5, 5.41) is 12.4. The minimum absolute atomic E-state index is 0.0126. The number of nitrogens with two attached hydrogens (primary N) is 1. The number of nitrogens with one attached hydrogen (secondary N) is 1. The Hall–Kier alpha value is -1.07. The number of rotatable bonds is 4. The summed E-state index contributed by atoms with van der Waals surface area (Å²) in [4.78, 5) is 7.71. The Morgan fingerprint density at radius 3 is 2.73 bits per heavy atom. The monoisotopic (exact) mass is 230 g/mol. The largest absolute Gasteiger partial charge is 0.394 e. The van der Waals surface area contributed by atoms with Crippen LogP contribution in [0.1, 0.15) is 13.8 Å². The molecule has 0 aromatic carbocycles. The normalized spacial score (nSPS) is 12.9. The van der Waals surface area contributed by atoms with Crippen LogP contribution in [0.2, 0.25) is 5.15 Å². The van der Waals surface area contributed by atoms with Crippen molar-refractivity contribution in [2.45, 2.75) is 19.9 Å². The van der Waals surface area contributed by atoms with Crippen molar-refractivity contribution in [2.24, 2.45) is 5.92 Å². The zero-order chi connectivity index (χ0) is 11.4. The van der Waals surface area contributed by atoms with Gasteiger partial charge < -0.3 is 16.2 Å². The minimum atomic E-state index is -0.0988. The smallest absolute Gasteiger partial charge is 0.157 e. The van der Waals surface area contributed by atoms with Gasteiger partial charge in [-0.2, -0.15) is 0 Å². The first kappa shape index (κ1) is 12.0. The van der Waals surface area contributed by atoms with Crippen molar-refractivity contribution in [1.82, 2.24) is 9.97 Å². The number of halogens is 1. The molecule has 0 fully saturated rings. The molecule has 0 aliphatic heterocycles. The quantitative estimate of drug-likeness (QED) is 0.676. The predicted molar refractivity (Wildman–Crippen MR) is 60.8 cm³/mol. The molecule has 1 aromatic rings. The van der Waals surface area contributed by atoms with E-state index in [1.807, 2.05) is 13.8 Å². The van der Waals surface area contributed by atoms with Crippen molar-refractivity contribution >= 4 is 23.1 Å². The van der Waals surface area contributed by atoms with Crippen LogP contribution in [0, 0.1) is 5.92 Å². The van der Waals surface area contributed by atoms with Gasteiger partial charge in [0.1, 0.15) is 12.0 Å². The van der Waals surface area contributed by atoms with Crippen molar-refractivity contribution in [1.29, 1.82) is 0 Å². The molecule has 0 aliphatic rings. The summed E-state index contributed by atoms with van der Waals surface area (Å²) in [6.07, 6.45) is 1.33. The zero-order valence-electron chi connectivity index (χ0n) is 8.74. The fraction of sp³-hybridized carbons (Fsp3) is 0.556. The molecule has 1 heterocycles. The molecule has 84 valence electrons. The predicted octanol–water partition coefficient (Wildman–Crippen LogP) is 1.14. The topological polar surface area (TPSA) is 84.1 Å². The van der Waals surface area contributed by atoms with Gasteiger partial charge in [-0.3, -0.25) is 0 Å². The van der Waals surface area contributed by atoms with Gasteiger partial charge in [0, 0.05) is 0 Å². The van der Waals surface area contributed by atoms with Gasteiger partial charge in [-0.25, -0.2) is 9.97 Å². The Morgan fingerprint density at radius 1 is 1.53 bits per heavy atom. The molecule has 0 saturated carbocycles. The lowest BCUT2D eigenvalue weighted by atomic mass is 10.1. The van der Waals surface area contributed by atoms with Crippen molar-refractivity contribution in [3.63, 3.8) is 0 Å². The molecule has 0 saturated heterocycles. The fourth-order valence-electron chi connectivity index (χ4n) is 1.09. The molecule has 5 nitrogen and oxygen atoms in total. The Bertz CT molecular complexity index is 332. The second-order valence-corrected chi connectivity index (χ2v) is 3.96. The highest BCUT2D eigenvalue weighted by molar-refractivity contribution is 6.32. The van der Waals surface area contributed by atoms with Crippen LogP contribution >= 0.6 is 11.6 Å². The lowest BCUT2D eigenvalue weighted by Gasteiger charge is -2.21. The summed E-state index contributed by atoms with van der Waals surface area (Å²) >= 11 is 5.74. The van der Waals surface area contributed by atoms with Crippen LogP contribution in [0.5, 0.6) is 0 Å². The molecule has 0 bridgehead atoms. The van der Waals surface area contributed by atoms with Crippen LogP contribution in [0.25, 0.3) is 0 Å². The molecule has 1 unspecified atom stereocenters. The van der Waals surface area contributed by atoms with Crippen LogP contribution in [0.15, 0.2) is 6.33 Å². The Labute approximate surface area is 93.7 Å². The summed E-state index contributed by atoms with van der Waals surface area (Å²) in [6.45, 7) is 4.00. The summed E-state index contributed by atoms with van der Waals surface area (Å²) in [6, 6.07) is -0.0988. The van der Waals surface area contributed by atoms with Gasteiger partial charge in [0.2, 0.25) is 0 Å². The van der Waals surface area contributed by atoms with E-state index in [2.05, 4.69) is 15.3 Å². The lowest BCUT2D eigenvalue weighted by molar-refractivity contribution is 0.249. The molecule has 6 heteroatoms. The second-order valence-electron chi connectivity index (χ2n) is 3.60. The Morgan fingerprint density at radius 2 is 2.20 bits per heavy atom. The van der Waals surface area contributed by atoms with Crippen molar-refractivity contribution < 1.29 is 5.11 Å². The molecular weight excluding hydrogens is 216 g/mol. The van der Waals surface area contributed by atoms with Gasteiger partial charge in [-0.05, 0) is 5.92 Å². The third kappa shape index (κ3) is 2.94. The number of hydrogen-bond acceptors (Lipinski definition) is 5. The average molecular weight is 231 g/mol. The molecule has 0 aliphatic carbocycles. The maximum atomic E-state index is 9.14. The number of nitrogen functional groups attached to an aromatic ring is 1. The van der Waals surface area contributed by atoms with Crippen LogP contribution in [-0.4, -0.2) is 27.7 Å². The van der Waals surface area contributed by atoms with E-state index in [4.69, 9.17) is 22.4 Å². The number of hydrogen-bond donors (Lipinski definition) is 3. The standard InChI is InChI=1S/C9H15ClN4O/c1-5(2)6(3-15)14-9-7(11)8(10)12-4-13-9/h4-6,15H,3,11H2,1-2H3,(H,12,13,14). The first-order valence-corrected chi connectivity index (χ1v) is 5.07. The number of nitrogens with zero attached hydrogens (tertiary/aromatic N) is 2. The van der Waals surface area contributed by atoms with E-state index in [1.54, 1.807) is 0 Å². The third-order valence-corrected chi connectivity index (χ3v) is 2.46. The lowest BCUT2D eigenvalue weighted by Crippen LogP contribution is -2.30. The minimum Gasteiger partial charge on any atom is -0.394 e. The highest BCUT2D eigenvalue weighted by Crippen LogP contribution is 2.23. The van der Waals surface area contributed by atoms with Crippen molar-refractivity contribution in [2.75, 3.05) is 17.7 Å². The summed E-state index contributed by atoms with van der Waals surface area (Å²) in [5.74, 6) is 0.728. The summed E-state index contributed by atoms with van der Waals surface area (Å²) in [5.41, 5.74) is 5.99. The van der Waals surface area contributed by atoms with Crippen molar-refractivity contribution in [3.05, 3.63) is 11.5 Å². The van der Waals surface area contributed by atoms with Crippen LogP contribution in [0.3, 0.4) is 0 Å². The molecule has 1 atom stereocenters. The Kier molecular flexibility index (Phi) is 4.11. The summed E-state index contributed by atoms with van der Waals surface area (Å²) in [7, 11) is 0. The molecule has 0 spiro atoms. The highest BCUT2D eigenvalue weighted by atomic mass is 35.5. The molecule has 4 N–H and O–H groups in total. The molecule has 1 rings (SSSR count). The van der Waals surface area contributed by atoms with Crippen LogP contribution in [-0.2, 0) is 0 Å². The maximum absolute atomic E-state index is 9.14. The Balaban J connectivity index is 2.84. The number of aromatic nitrogens is 2. The van der Waals surface area contributed by atoms with E-state index in [1.165, 1.54) is 6.33 Å². The first-order chi connectivity index (χ1) is 7.06. The van der Waals surface area contributed by atoms with E-state index in [0.29, 0.717) is 11.5 Å². The van der Waals surface area contributed by atoms with Crippen LogP contribution in [0.4, 0.5) is 11.5 Å². The van der Waals surface area contributed by atoms with Gasteiger partial charge in [0.25, 0.3) is 0 Å². The number of anilines is 2. The second kappa shape index (κ2) is 5.14. The zero-order valence-corrected chi connectivity index (χ0v) is 9.49. The molecular formula is C9H15ClN4O. The van der Waals surface area contributed by atoms with Gasteiger partial charge in [0.05, 0.1) is 12.6 Å². The molecule has 1 aromatic heterocycles. The average Bonchev–Trinajstić information content (AvgIpc) is 2.19. The third-order valence-electron chi connectivity index (χ3n) is 2.16. The van der Waals surface area contributed by atoms with E-state index < -0.39 is 0 Å². The summed E-state index contributed by atoms with van der Waals surface area (Å²) < 4.78 is 0. The van der Waals surface area contributed by atoms with E-state index >= 15 is 0 Å². The van der Waals surface area contributed by atoms with E-state index in [0.717, 1.165) is 0 Å². The van der Waals surface area contributed by atoms with Gasteiger partial charge in [0.15, 0.2) is 11.0 Å². The van der Waals surface area contributed by atoms with E-state index in [9.17, 15) is 0 Å². The number of aliphatic hydroxyl groups excluding tert-OH is 1. The van der Waals surface area contributed by atoms with E-state index in [-0.39, 0.29) is 23.7 Å². The van der Waals surface area contributed by atoms with Gasteiger partial charge in [-0.1, -0.05) is 25.4 Å². The highest BCUT2D eigenvalue weighted by Gasteiger charge is 2.14. The SMILES string of the molecule is CC(C)C(CO)Nc1ncnc(Cl)c1N. The number of aliphatic hydroxyl groups is 1. The van der Waals surface area contributed by atoms with Crippen molar-refractivity contribution in [3.8, 4) is 0 Å². The van der Waals surface area contributed by atoms with Gasteiger partial charge in [-0.15, -0.1) is 0 Å². The fourth-order valence-corrected chi connectivity index (χ4v) is 1.22. The van der Waals surface area contributed by atoms with Gasteiger partial charge >= 0.3 is 0 Å². The molecule has 0 radical (unpaired) electrons. The molecule has 15 heavy (non-hydrogen) atoms. The van der Waals surface area contributed by atoms with Crippen LogP contribution < -0.4 is 11.1 Å². The maximum Gasteiger partial charge on any atom is 0.157 e.